The first kappa shape index (κ1) is 16.4. The van der Waals surface area contributed by atoms with Crippen molar-refractivity contribution in [1.82, 2.24) is 19.4 Å². The molecule has 23 heavy (non-hydrogen) atoms. The van der Waals surface area contributed by atoms with Gasteiger partial charge in [0.2, 0.25) is 5.03 Å². The van der Waals surface area contributed by atoms with Gasteiger partial charge in [-0.3, -0.25) is 9.48 Å². The molecule has 1 aromatic rings. The Morgan fingerprint density at radius 3 is 2.52 bits per heavy atom. The predicted octanol–water partition coefficient (Wildman–Crippen LogP) is 1.22. The first-order chi connectivity index (χ1) is 10.9. The average Bonchev–Trinajstić information content (AvgIpc) is 3.21. The minimum absolute atomic E-state index is 0.105. The van der Waals surface area contributed by atoms with Crippen molar-refractivity contribution in [2.24, 2.45) is 5.92 Å². The third-order valence-electron chi connectivity index (χ3n) is 4.54. The van der Waals surface area contributed by atoms with Gasteiger partial charge in [0, 0.05) is 31.9 Å². The van der Waals surface area contributed by atoms with Gasteiger partial charge in [-0.25, -0.2) is 8.42 Å². The SMILES string of the molecule is CCn1cc(C(=O)NC2CC2)c(S(=O)(=O)N2CCC(C)CC2)n1. The molecule has 2 fully saturated rings. The summed E-state index contributed by atoms with van der Waals surface area (Å²) in [5.41, 5.74) is 0.164. The highest BCUT2D eigenvalue weighted by Gasteiger charge is 2.35. The molecule has 0 atom stereocenters. The molecule has 3 rings (SSSR count). The number of carbonyl (C=O) groups is 1. The Labute approximate surface area is 137 Å². The monoisotopic (exact) mass is 340 g/mol. The number of aromatic nitrogens is 2. The molecule has 0 unspecified atom stereocenters. The molecule has 1 N–H and O–H groups in total. The summed E-state index contributed by atoms with van der Waals surface area (Å²) in [6.07, 6.45) is 5.14. The minimum atomic E-state index is -3.73. The van der Waals surface area contributed by atoms with Crippen molar-refractivity contribution in [3.8, 4) is 0 Å². The summed E-state index contributed by atoms with van der Waals surface area (Å²) in [6.45, 7) is 5.51. The zero-order valence-corrected chi connectivity index (χ0v) is 14.5. The summed E-state index contributed by atoms with van der Waals surface area (Å²) >= 11 is 0. The number of piperidine rings is 1. The number of carbonyl (C=O) groups excluding carboxylic acids is 1. The van der Waals surface area contributed by atoms with Crippen LogP contribution in [0.4, 0.5) is 0 Å². The largest absolute Gasteiger partial charge is 0.349 e. The van der Waals surface area contributed by atoms with Gasteiger partial charge in [-0.1, -0.05) is 6.92 Å². The number of hydrogen-bond acceptors (Lipinski definition) is 4. The molecule has 0 bridgehead atoms. The van der Waals surface area contributed by atoms with Crippen molar-refractivity contribution in [2.75, 3.05) is 13.1 Å². The van der Waals surface area contributed by atoms with E-state index in [1.165, 1.54) is 15.2 Å². The predicted molar refractivity (Wildman–Crippen MR) is 85.5 cm³/mol. The van der Waals surface area contributed by atoms with E-state index in [0.29, 0.717) is 25.6 Å². The average molecular weight is 340 g/mol. The maximum Gasteiger partial charge on any atom is 0.263 e. The van der Waals surface area contributed by atoms with Gasteiger partial charge in [-0.05, 0) is 38.5 Å². The van der Waals surface area contributed by atoms with Crippen LogP contribution in [0, 0.1) is 5.92 Å². The van der Waals surface area contributed by atoms with E-state index in [1.807, 2.05) is 6.92 Å². The number of aryl methyl sites for hydroxylation is 1. The quantitative estimate of drug-likeness (QED) is 0.873. The molecule has 1 amide bonds. The van der Waals surface area contributed by atoms with Gasteiger partial charge in [0.1, 0.15) is 0 Å². The Balaban J connectivity index is 1.90. The second kappa shape index (κ2) is 6.24. The molecule has 1 aliphatic heterocycles. The highest BCUT2D eigenvalue weighted by molar-refractivity contribution is 7.89. The van der Waals surface area contributed by atoms with Crippen LogP contribution in [0.15, 0.2) is 11.2 Å². The van der Waals surface area contributed by atoms with Crippen LogP contribution in [0.5, 0.6) is 0 Å². The third kappa shape index (κ3) is 3.42. The molecule has 1 aliphatic carbocycles. The summed E-state index contributed by atoms with van der Waals surface area (Å²) in [7, 11) is -3.73. The Morgan fingerprint density at radius 1 is 1.30 bits per heavy atom. The summed E-state index contributed by atoms with van der Waals surface area (Å²) < 4.78 is 28.8. The molecular formula is C15H24N4O3S. The standard InChI is InChI=1S/C15H24N4O3S/c1-3-18-10-13(14(20)16-12-4-5-12)15(17-18)23(21,22)19-8-6-11(2)7-9-19/h10-12H,3-9H2,1-2H3,(H,16,20). The molecule has 0 spiro atoms. The van der Waals surface area contributed by atoms with Crippen LogP contribution in [-0.2, 0) is 16.6 Å². The van der Waals surface area contributed by atoms with Gasteiger partial charge >= 0.3 is 0 Å². The molecule has 1 saturated heterocycles. The Bertz CT molecular complexity index is 686. The van der Waals surface area contributed by atoms with Gasteiger partial charge < -0.3 is 5.32 Å². The maximum absolute atomic E-state index is 12.9. The van der Waals surface area contributed by atoms with E-state index in [4.69, 9.17) is 0 Å². The molecule has 8 heteroatoms. The number of nitrogens with zero attached hydrogens (tertiary/aromatic N) is 3. The first-order valence-electron chi connectivity index (χ1n) is 8.30. The Morgan fingerprint density at radius 2 is 1.96 bits per heavy atom. The highest BCUT2D eigenvalue weighted by atomic mass is 32.2. The molecule has 128 valence electrons. The van der Waals surface area contributed by atoms with E-state index < -0.39 is 10.0 Å². The topological polar surface area (TPSA) is 84.3 Å². The Hall–Kier alpha value is -1.41. The summed E-state index contributed by atoms with van der Waals surface area (Å²) in [6, 6.07) is 0.180. The number of rotatable bonds is 5. The molecule has 7 nitrogen and oxygen atoms in total. The van der Waals surface area contributed by atoms with Gasteiger partial charge in [-0.2, -0.15) is 9.40 Å². The molecule has 1 saturated carbocycles. The second-order valence-corrected chi connectivity index (χ2v) is 8.39. The molecule has 0 radical (unpaired) electrons. The number of nitrogens with one attached hydrogen (secondary N) is 1. The van der Waals surface area contributed by atoms with Crippen LogP contribution < -0.4 is 5.32 Å². The van der Waals surface area contributed by atoms with Crippen molar-refractivity contribution >= 4 is 15.9 Å². The summed E-state index contributed by atoms with van der Waals surface area (Å²) in [4.78, 5) is 12.4. The van der Waals surface area contributed by atoms with Crippen molar-refractivity contribution in [3.05, 3.63) is 11.8 Å². The van der Waals surface area contributed by atoms with E-state index in [0.717, 1.165) is 25.7 Å². The smallest absolute Gasteiger partial charge is 0.263 e. The van der Waals surface area contributed by atoms with Gasteiger partial charge in [0.15, 0.2) is 0 Å². The summed E-state index contributed by atoms with van der Waals surface area (Å²) in [5, 5.41) is 6.92. The molecule has 0 aromatic carbocycles. The zero-order chi connectivity index (χ0) is 16.6. The number of sulfonamides is 1. The van der Waals surface area contributed by atoms with Gasteiger partial charge in [-0.15, -0.1) is 0 Å². The molecule has 2 aliphatic rings. The fourth-order valence-corrected chi connectivity index (χ4v) is 4.32. The van der Waals surface area contributed by atoms with Crippen LogP contribution >= 0.6 is 0 Å². The lowest BCUT2D eigenvalue weighted by Crippen LogP contribution is -2.39. The fraction of sp³-hybridized carbons (Fsp3) is 0.733. The maximum atomic E-state index is 12.9. The Kier molecular flexibility index (Phi) is 4.46. The summed E-state index contributed by atoms with van der Waals surface area (Å²) in [5.74, 6) is 0.198. The second-order valence-electron chi connectivity index (χ2n) is 6.54. The first-order valence-corrected chi connectivity index (χ1v) is 9.74. The number of hydrogen-bond donors (Lipinski definition) is 1. The minimum Gasteiger partial charge on any atom is -0.349 e. The van der Waals surface area contributed by atoms with Crippen molar-refractivity contribution < 1.29 is 13.2 Å². The molecule has 1 aromatic heterocycles. The van der Waals surface area contributed by atoms with Crippen molar-refractivity contribution in [2.45, 2.75) is 57.1 Å². The number of amides is 1. The van der Waals surface area contributed by atoms with E-state index in [1.54, 1.807) is 0 Å². The lowest BCUT2D eigenvalue weighted by Gasteiger charge is -2.28. The highest BCUT2D eigenvalue weighted by Crippen LogP contribution is 2.26. The van der Waals surface area contributed by atoms with E-state index in [9.17, 15) is 13.2 Å². The van der Waals surface area contributed by atoms with Crippen molar-refractivity contribution in [3.63, 3.8) is 0 Å². The lowest BCUT2D eigenvalue weighted by atomic mass is 10.0. The van der Waals surface area contributed by atoms with Crippen LogP contribution in [0.25, 0.3) is 0 Å². The van der Waals surface area contributed by atoms with E-state index >= 15 is 0 Å². The third-order valence-corrected chi connectivity index (χ3v) is 6.37. The van der Waals surface area contributed by atoms with E-state index in [2.05, 4.69) is 17.3 Å². The van der Waals surface area contributed by atoms with Crippen LogP contribution in [-0.4, -0.2) is 47.5 Å². The van der Waals surface area contributed by atoms with E-state index in [-0.39, 0.29) is 22.5 Å². The normalized spacial score (nSPS) is 20.6. The van der Waals surface area contributed by atoms with Crippen LogP contribution in [0.2, 0.25) is 0 Å². The van der Waals surface area contributed by atoms with Gasteiger partial charge in [0.05, 0.1) is 5.56 Å². The van der Waals surface area contributed by atoms with Crippen LogP contribution in [0.3, 0.4) is 0 Å². The molecule has 2 heterocycles. The lowest BCUT2D eigenvalue weighted by molar-refractivity contribution is 0.0947. The van der Waals surface area contributed by atoms with Crippen molar-refractivity contribution in [1.29, 1.82) is 0 Å². The van der Waals surface area contributed by atoms with Crippen LogP contribution in [0.1, 0.15) is 49.9 Å². The fourth-order valence-electron chi connectivity index (χ4n) is 2.75. The van der Waals surface area contributed by atoms with Gasteiger partial charge in [0.25, 0.3) is 15.9 Å². The molecular weight excluding hydrogens is 316 g/mol. The zero-order valence-electron chi connectivity index (χ0n) is 13.7.